The van der Waals surface area contributed by atoms with Crippen LogP contribution in [0, 0.1) is 6.92 Å². The fraction of sp³-hybridized carbons (Fsp3) is 0.417. The molecule has 0 spiro atoms. The average molecular weight is 238 g/mol. The van der Waals surface area contributed by atoms with E-state index in [1.165, 1.54) is 0 Å². The first kappa shape index (κ1) is 13.5. The molecule has 0 saturated carbocycles. The molecule has 0 atom stereocenters. The second-order valence-corrected chi connectivity index (χ2v) is 3.65. The average Bonchev–Trinajstić information content (AvgIpc) is 2.31. The molecule has 0 bridgehead atoms. The standard InChI is InChI=1S/C12H18N2O3/c1-9-10(13)3-2-4-11(9)14-12(16)5-7-17-8-6-15/h2-4,15H,5-8,13H2,1H3,(H,14,16). The monoisotopic (exact) mass is 238 g/mol. The van der Waals surface area contributed by atoms with Gasteiger partial charge in [-0.2, -0.15) is 0 Å². The van der Waals surface area contributed by atoms with E-state index in [-0.39, 0.29) is 25.5 Å². The number of aliphatic hydroxyl groups is 1. The van der Waals surface area contributed by atoms with Crippen LogP contribution in [0.3, 0.4) is 0 Å². The summed E-state index contributed by atoms with van der Waals surface area (Å²) in [5.41, 5.74) is 7.96. The quantitative estimate of drug-likeness (QED) is 0.508. The summed E-state index contributed by atoms with van der Waals surface area (Å²) < 4.78 is 5.01. The van der Waals surface area contributed by atoms with Gasteiger partial charge in [0.1, 0.15) is 0 Å². The minimum atomic E-state index is -0.128. The number of rotatable bonds is 6. The third-order valence-electron chi connectivity index (χ3n) is 2.36. The van der Waals surface area contributed by atoms with Gasteiger partial charge in [-0.25, -0.2) is 0 Å². The van der Waals surface area contributed by atoms with Gasteiger partial charge in [0.2, 0.25) is 5.91 Å². The van der Waals surface area contributed by atoms with Crippen LogP contribution in [0.15, 0.2) is 18.2 Å². The Labute approximate surface area is 101 Å². The number of ether oxygens (including phenoxy) is 1. The summed E-state index contributed by atoms with van der Waals surface area (Å²) >= 11 is 0. The smallest absolute Gasteiger partial charge is 0.226 e. The molecule has 17 heavy (non-hydrogen) atoms. The molecule has 5 nitrogen and oxygen atoms in total. The van der Waals surface area contributed by atoms with Crippen molar-refractivity contribution in [2.75, 3.05) is 30.9 Å². The van der Waals surface area contributed by atoms with Gasteiger partial charge in [-0.1, -0.05) is 6.07 Å². The van der Waals surface area contributed by atoms with Crippen LogP contribution in [-0.4, -0.2) is 30.8 Å². The number of aliphatic hydroxyl groups excluding tert-OH is 1. The summed E-state index contributed by atoms with van der Waals surface area (Å²) in [7, 11) is 0. The van der Waals surface area contributed by atoms with Gasteiger partial charge >= 0.3 is 0 Å². The van der Waals surface area contributed by atoms with Gasteiger partial charge in [0.05, 0.1) is 26.2 Å². The molecule has 1 aromatic rings. The van der Waals surface area contributed by atoms with Crippen molar-refractivity contribution in [2.24, 2.45) is 0 Å². The molecule has 4 N–H and O–H groups in total. The second-order valence-electron chi connectivity index (χ2n) is 3.65. The Kier molecular flexibility index (Phi) is 5.45. The minimum absolute atomic E-state index is 0.0318. The zero-order valence-corrected chi connectivity index (χ0v) is 9.90. The van der Waals surface area contributed by atoms with E-state index in [1.54, 1.807) is 18.2 Å². The lowest BCUT2D eigenvalue weighted by molar-refractivity contribution is -0.117. The Hall–Kier alpha value is -1.59. The molecule has 94 valence electrons. The second kappa shape index (κ2) is 6.88. The van der Waals surface area contributed by atoms with Crippen molar-refractivity contribution in [2.45, 2.75) is 13.3 Å². The molecule has 0 radical (unpaired) electrons. The van der Waals surface area contributed by atoms with Gasteiger partial charge in [-0.05, 0) is 24.6 Å². The molecular formula is C12H18N2O3. The van der Waals surface area contributed by atoms with Crippen LogP contribution in [0.5, 0.6) is 0 Å². The Morgan fingerprint density at radius 3 is 2.94 bits per heavy atom. The first-order valence-corrected chi connectivity index (χ1v) is 5.48. The molecular weight excluding hydrogens is 220 g/mol. The number of nitrogen functional groups attached to an aromatic ring is 1. The van der Waals surface area contributed by atoms with E-state index in [0.717, 1.165) is 11.3 Å². The van der Waals surface area contributed by atoms with E-state index >= 15 is 0 Å². The lowest BCUT2D eigenvalue weighted by atomic mass is 10.1. The van der Waals surface area contributed by atoms with E-state index in [2.05, 4.69) is 5.32 Å². The Bertz CT molecular complexity index is 380. The molecule has 1 rings (SSSR count). The summed E-state index contributed by atoms with van der Waals surface area (Å²) in [5.74, 6) is -0.128. The van der Waals surface area contributed by atoms with Gasteiger partial charge in [0, 0.05) is 11.4 Å². The number of nitrogens with two attached hydrogens (primary N) is 1. The molecule has 0 fully saturated rings. The topological polar surface area (TPSA) is 84.6 Å². The molecule has 1 amide bonds. The van der Waals surface area contributed by atoms with Gasteiger partial charge < -0.3 is 20.9 Å². The Morgan fingerprint density at radius 1 is 1.47 bits per heavy atom. The Balaban J connectivity index is 2.43. The maximum atomic E-state index is 11.5. The van der Waals surface area contributed by atoms with Crippen LogP contribution < -0.4 is 11.1 Å². The number of carbonyl (C=O) groups is 1. The molecule has 0 aliphatic heterocycles. The van der Waals surface area contributed by atoms with Crippen LogP contribution in [-0.2, 0) is 9.53 Å². The van der Waals surface area contributed by atoms with Crippen LogP contribution in [0.25, 0.3) is 0 Å². The lowest BCUT2D eigenvalue weighted by Gasteiger charge is -2.10. The molecule has 5 heteroatoms. The normalized spacial score (nSPS) is 10.2. The van der Waals surface area contributed by atoms with Crippen LogP contribution >= 0.6 is 0 Å². The van der Waals surface area contributed by atoms with Crippen molar-refractivity contribution in [3.63, 3.8) is 0 Å². The Morgan fingerprint density at radius 2 is 2.24 bits per heavy atom. The highest BCUT2D eigenvalue weighted by Crippen LogP contribution is 2.20. The number of hydrogen-bond acceptors (Lipinski definition) is 4. The van der Waals surface area contributed by atoms with Gasteiger partial charge in [-0.15, -0.1) is 0 Å². The highest BCUT2D eigenvalue weighted by molar-refractivity contribution is 5.92. The van der Waals surface area contributed by atoms with Crippen LogP contribution in [0.1, 0.15) is 12.0 Å². The van der Waals surface area contributed by atoms with E-state index in [0.29, 0.717) is 12.3 Å². The van der Waals surface area contributed by atoms with Gasteiger partial charge in [0.25, 0.3) is 0 Å². The third-order valence-corrected chi connectivity index (χ3v) is 2.36. The molecule has 0 heterocycles. The summed E-state index contributed by atoms with van der Waals surface area (Å²) in [6.45, 7) is 2.38. The largest absolute Gasteiger partial charge is 0.398 e. The summed E-state index contributed by atoms with van der Waals surface area (Å²) in [4.78, 5) is 11.5. The third kappa shape index (κ3) is 4.42. The van der Waals surface area contributed by atoms with Crippen molar-refractivity contribution in [3.8, 4) is 0 Å². The van der Waals surface area contributed by atoms with Crippen molar-refractivity contribution in [1.82, 2.24) is 0 Å². The molecule has 1 aromatic carbocycles. The fourth-order valence-corrected chi connectivity index (χ4v) is 1.33. The van der Waals surface area contributed by atoms with Crippen LogP contribution in [0.4, 0.5) is 11.4 Å². The minimum Gasteiger partial charge on any atom is -0.398 e. The zero-order valence-electron chi connectivity index (χ0n) is 9.90. The van der Waals surface area contributed by atoms with E-state index in [9.17, 15) is 4.79 Å². The fourth-order valence-electron chi connectivity index (χ4n) is 1.33. The lowest BCUT2D eigenvalue weighted by Crippen LogP contribution is -2.15. The molecule has 0 aliphatic carbocycles. The maximum absolute atomic E-state index is 11.5. The highest BCUT2D eigenvalue weighted by atomic mass is 16.5. The summed E-state index contributed by atoms with van der Waals surface area (Å²) in [6.07, 6.45) is 0.258. The van der Waals surface area contributed by atoms with Crippen molar-refractivity contribution < 1.29 is 14.6 Å². The molecule has 0 unspecified atom stereocenters. The number of hydrogen-bond donors (Lipinski definition) is 3. The van der Waals surface area contributed by atoms with E-state index in [1.807, 2.05) is 6.92 Å². The van der Waals surface area contributed by atoms with Gasteiger partial charge in [0.15, 0.2) is 0 Å². The first-order valence-electron chi connectivity index (χ1n) is 5.48. The molecule has 0 aromatic heterocycles. The maximum Gasteiger partial charge on any atom is 0.226 e. The first-order chi connectivity index (χ1) is 8.15. The summed E-state index contributed by atoms with van der Waals surface area (Å²) in [5, 5.41) is 11.3. The zero-order chi connectivity index (χ0) is 12.7. The van der Waals surface area contributed by atoms with Crippen molar-refractivity contribution in [1.29, 1.82) is 0 Å². The predicted octanol–water partition coefficient (Wildman–Crippen LogP) is 0.915. The predicted molar refractivity (Wildman–Crippen MR) is 66.7 cm³/mol. The highest BCUT2D eigenvalue weighted by Gasteiger charge is 2.05. The number of amides is 1. The van der Waals surface area contributed by atoms with Crippen LogP contribution in [0.2, 0.25) is 0 Å². The number of anilines is 2. The number of carbonyl (C=O) groups excluding carboxylic acids is 1. The molecule has 0 aliphatic rings. The van der Waals surface area contributed by atoms with Crippen molar-refractivity contribution >= 4 is 17.3 Å². The number of benzene rings is 1. The van der Waals surface area contributed by atoms with E-state index < -0.39 is 0 Å². The van der Waals surface area contributed by atoms with E-state index in [4.69, 9.17) is 15.6 Å². The number of nitrogens with one attached hydrogen (secondary N) is 1. The molecule has 0 saturated heterocycles. The SMILES string of the molecule is Cc1c(N)cccc1NC(=O)CCOCCO. The summed E-state index contributed by atoms with van der Waals surface area (Å²) in [6, 6.07) is 5.38. The van der Waals surface area contributed by atoms with Gasteiger partial charge in [-0.3, -0.25) is 4.79 Å². The van der Waals surface area contributed by atoms with Crippen molar-refractivity contribution in [3.05, 3.63) is 23.8 Å².